The second-order valence-electron chi connectivity index (χ2n) is 3.99. The lowest BCUT2D eigenvalue weighted by molar-refractivity contribution is 0.0995. The summed E-state index contributed by atoms with van der Waals surface area (Å²) in [6, 6.07) is 4.99. The summed E-state index contributed by atoms with van der Waals surface area (Å²) in [5.74, 6) is 1.10. The van der Waals surface area contributed by atoms with Crippen LogP contribution in [0.3, 0.4) is 0 Å². The van der Waals surface area contributed by atoms with Crippen LogP contribution >= 0.6 is 15.9 Å². The van der Waals surface area contributed by atoms with Crippen LogP contribution in [-0.4, -0.2) is 29.0 Å². The van der Waals surface area contributed by atoms with Gasteiger partial charge < -0.3 is 14.6 Å². The molecule has 0 spiro atoms. The number of hydrogen-bond donors (Lipinski definition) is 1. The number of carbonyl (C=O) groups excluding carboxylic acids is 1. The maximum atomic E-state index is 11.9. The van der Waals surface area contributed by atoms with Crippen LogP contribution in [0.25, 0.3) is 0 Å². The molecule has 2 aromatic rings. The molecule has 106 valence electrons. The van der Waals surface area contributed by atoms with Gasteiger partial charge in [-0.15, -0.1) is 0 Å². The molecule has 0 fully saturated rings. The molecule has 1 amide bonds. The van der Waals surface area contributed by atoms with Gasteiger partial charge in [0.25, 0.3) is 5.91 Å². The molecule has 0 aliphatic carbocycles. The summed E-state index contributed by atoms with van der Waals surface area (Å²) in [7, 11) is 0. The molecule has 0 unspecified atom stereocenters. The number of nitrogens with one attached hydrogen (secondary N) is 1. The van der Waals surface area contributed by atoms with Gasteiger partial charge in [-0.1, -0.05) is 0 Å². The Balaban J connectivity index is 2.13. The first-order valence-electron chi connectivity index (χ1n) is 6.27. The Morgan fingerprint density at radius 1 is 1.35 bits per heavy atom. The maximum absolute atomic E-state index is 11.9. The molecule has 2 rings (SSSR count). The summed E-state index contributed by atoms with van der Waals surface area (Å²) in [6.07, 6.45) is 1.43. The van der Waals surface area contributed by atoms with Gasteiger partial charge in [0, 0.05) is 19.2 Å². The van der Waals surface area contributed by atoms with Gasteiger partial charge in [0.05, 0.1) is 0 Å². The van der Waals surface area contributed by atoms with Crippen LogP contribution in [0.4, 0.5) is 11.6 Å². The molecule has 6 nitrogen and oxygen atoms in total. The van der Waals surface area contributed by atoms with Gasteiger partial charge >= 0.3 is 0 Å². The second-order valence-corrected chi connectivity index (χ2v) is 4.77. The smallest absolute Gasteiger partial charge is 0.292 e. The van der Waals surface area contributed by atoms with Crippen molar-refractivity contribution in [1.82, 2.24) is 9.97 Å². The lowest BCUT2D eigenvalue weighted by Gasteiger charge is -2.19. The molecule has 1 N–H and O–H groups in total. The van der Waals surface area contributed by atoms with Gasteiger partial charge in [-0.2, -0.15) is 0 Å². The molecule has 0 atom stereocenters. The molecule has 0 aliphatic rings. The lowest BCUT2D eigenvalue weighted by Crippen LogP contribution is -2.23. The number of halogens is 1. The third-order valence-corrected chi connectivity index (χ3v) is 3.20. The number of carbonyl (C=O) groups is 1. The highest BCUT2D eigenvalue weighted by molar-refractivity contribution is 9.10. The van der Waals surface area contributed by atoms with Crippen LogP contribution in [0.15, 0.2) is 33.6 Å². The van der Waals surface area contributed by atoms with Crippen molar-refractivity contribution >= 4 is 33.5 Å². The number of anilines is 2. The molecule has 0 bridgehead atoms. The molecule has 0 saturated heterocycles. The fraction of sp³-hybridized carbons (Fsp3) is 0.308. The predicted octanol–water partition coefficient (Wildman–Crippen LogP) is 2.93. The second kappa shape index (κ2) is 6.51. The molecule has 2 aromatic heterocycles. The zero-order chi connectivity index (χ0) is 14.5. The summed E-state index contributed by atoms with van der Waals surface area (Å²) in [4.78, 5) is 22.3. The van der Waals surface area contributed by atoms with Crippen LogP contribution in [0.5, 0.6) is 0 Å². The van der Waals surface area contributed by atoms with E-state index in [4.69, 9.17) is 4.42 Å². The first-order chi connectivity index (χ1) is 9.63. The Kier molecular flexibility index (Phi) is 4.73. The highest BCUT2D eigenvalue weighted by Crippen LogP contribution is 2.17. The number of nitrogens with zero attached hydrogens (tertiary/aromatic N) is 3. The highest BCUT2D eigenvalue weighted by atomic mass is 79.9. The zero-order valence-corrected chi connectivity index (χ0v) is 12.8. The van der Waals surface area contributed by atoms with Crippen molar-refractivity contribution in [2.45, 2.75) is 13.8 Å². The van der Waals surface area contributed by atoms with Crippen molar-refractivity contribution in [2.24, 2.45) is 0 Å². The monoisotopic (exact) mass is 338 g/mol. The average Bonchev–Trinajstić information content (AvgIpc) is 2.87. The number of aromatic nitrogens is 2. The SMILES string of the molecule is CCN(CC)c1cc(NC(=O)c2ccc(Br)o2)ncn1. The van der Waals surface area contributed by atoms with Crippen LogP contribution in [-0.2, 0) is 0 Å². The molecule has 0 aliphatic heterocycles. The van der Waals surface area contributed by atoms with E-state index in [1.807, 2.05) is 13.8 Å². The largest absolute Gasteiger partial charge is 0.444 e. The van der Waals surface area contributed by atoms with E-state index in [-0.39, 0.29) is 11.7 Å². The maximum Gasteiger partial charge on any atom is 0.292 e. The quantitative estimate of drug-likeness (QED) is 0.907. The molecule has 2 heterocycles. The predicted molar refractivity (Wildman–Crippen MR) is 80.0 cm³/mol. The molecule has 7 heteroatoms. The van der Waals surface area contributed by atoms with Crippen molar-refractivity contribution in [1.29, 1.82) is 0 Å². The number of amides is 1. The summed E-state index contributed by atoms with van der Waals surface area (Å²) in [5, 5.41) is 2.68. The van der Waals surface area contributed by atoms with Gasteiger partial charge in [0.2, 0.25) is 0 Å². The topological polar surface area (TPSA) is 71.3 Å². The Morgan fingerprint density at radius 2 is 2.10 bits per heavy atom. The number of rotatable bonds is 5. The van der Waals surface area contributed by atoms with Gasteiger partial charge in [0.15, 0.2) is 10.4 Å². The Labute approximate surface area is 125 Å². The first kappa shape index (κ1) is 14.5. The van der Waals surface area contributed by atoms with Crippen LogP contribution < -0.4 is 10.2 Å². The third-order valence-electron chi connectivity index (χ3n) is 2.78. The van der Waals surface area contributed by atoms with E-state index in [9.17, 15) is 4.79 Å². The standard InChI is InChI=1S/C13H15BrN4O2/c1-3-18(4-2)12-7-11(15-8-16-12)17-13(19)9-5-6-10(14)20-9/h5-8H,3-4H2,1-2H3,(H,15,16,17,19). The summed E-state index contributed by atoms with van der Waals surface area (Å²) < 4.78 is 5.70. The average molecular weight is 339 g/mol. The first-order valence-corrected chi connectivity index (χ1v) is 7.07. The number of hydrogen-bond acceptors (Lipinski definition) is 5. The molecular formula is C13H15BrN4O2. The van der Waals surface area contributed by atoms with E-state index in [1.165, 1.54) is 6.33 Å². The summed E-state index contributed by atoms with van der Waals surface area (Å²) >= 11 is 3.16. The van der Waals surface area contributed by atoms with E-state index in [0.29, 0.717) is 10.5 Å². The Hall–Kier alpha value is -1.89. The Bertz CT molecular complexity index is 596. The van der Waals surface area contributed by atoms with Crippen molar-refractivity contribution in [3.8, 4) is 0 Å². The third kappa shape index (κ3) is 3.36. The minimum atomic E-state index is -0.347. The van der Waals surface area contributed by atoms with Crippen molar-refractivity contribution < 1.29 is 9.21 Å². The van der Waals surface area contributed by atoms with Crippen molar-refractivity contribution in [2.75, 3.05) is 23.3 Å². The summed E-state index contributed by atoms with van der Waals surface area (Å²) in [5.41, 5.74) is 0. The minimum Gasteiger partial charge on any atom is -0.444 e. The van der Waals surface area contributed by atoms with Gasteiger partial charge in [-0.3, -0.25) is 4.79 Å². The fourth-order valence-electron chi connectivity index (χ4n) is 1.75. The molecular weight excluding hydrogens is 324 g/mol. The van der Waals surface area contributed by atoms with Gasteiger partial charge in [-0.25, -0.2) is 9.97 Å². The fourth-order valence-corrected chi connectivity index (χ4v) is 2.06. The van der Waals surface area contributed by atoms with E-state index in [2.05, 4.69) is 36.1 Å². The van der Waals surface area contributed by atoms with Crippen LogP contribution in [0, 0.1) is 0 Å². The highest BCUT2D eigenvalue weighted by Gasteiger charge is 2.12. The molecule has 0 aromatic carbocycles. The van der Waals surface area contributed by atoms with Gasteiger partial charge in [-0.05, 0) is 41.9 Å². The van der Waals surface area contributed by atoms with Crippen molar-refractivity contribution in [3.63, 3.8) is 0 Å². The zero-order valence-electron chi connectivity index (χ0n) is 11.3. The van der Waals surface area contributed by atoms with E-state index in [0.717, 1.165) is 18.9 Å². The van der Waals surface area contributed by atoms with Crippen molar-refractivity contribution in [3.05, 3.63) is 35.0 Å². The van der Waals surface area contributed by atoms with E-state index in [1.54, 1.807) is 18.2 Å². The number of furan rings is 1. The molecule has 0 saturated carbocycles. The summed E-state index contributed by atoms with van der Waals surface area (Å²) in [6.45, 7) is 5.77. The Morgan fingerprint density at radius 3 is 2.70 bits per heavy atom. The van der Waals surface area contributed by atoms with E-state index >= 15 is 0 Å². The normalized spacial score (nSPS) is 10.3. The molecule has 0 radical (unpaired) electrons. The van der Waals surface area contributed by atoms with Crippen LogP contribution in [0.1, 0.15) is 24.4 Å². The van der Waals surface area contributed by atoms with Gasteiger partial charge in [0.1, 0.15) is 18.0 Å². The van der Waals surface area contributed by atoms with E-state index < -0.39 is 0 Å². The lowest BCUT2D eigenvalue weighted by atomic mass is 10.4. The van der Waals surface area contributed by atoms with Crippen LogP contribution in [0.2, 0.25) is 0 Å². The minimum absolute atomic E-state index is 0.222. The molecule has 20 heavy (non-hydrogen) atoms.